The van der Waals surface area contributed by atoms with E-state index in [9.17, 15) is 18.4 Å². The summed E-state index contributed by atoms with van der Waals surface area (Å²) in [5, 5.41) is 6.31. The summed E-state index contributed by atoms with van der Waals surface area (Å²) in [6, 6.07) is 5.11. The Morgan fingerprint density at radius 2 is 2.00 bits per heavy atom. The average Bonchev–Trinajstić information content (AvgIpc) is 3.10. The lowest BCUT2D eigenvalue weighted by atomic mass is 10.2. The van der Waals surface area contributed by atoms with Crippen molar-refractivity contribution in [3.8, 4) is 0 Å². The Morgan fingerprint density at radius 1 is 1.21 bits per heavy atom. The number of thiophene rings is 1. The van der Waals surface area contributed by atoms with Crippen molar-refractivity contribution in [3.05, 3.63) is 52.2 Å². The third-order valence-electron chi connectivity index (χ3n) is 3.47. The first kappa shape index (κ1) is 18.1. The molecule has 1 aromatic heterocycles. The molecule has 1 N–H and O–H groups in total. The molecular formula is C17H18F2N2O2S. The molecular weight excluding hydrogens is 334 g/mol. The molecule has 0 bridgehead atoms. The van der Waals surface area contributed by atoms with Gasteiger partial charge in [-0.2, -0.15) is 11.3 Å². The van der Waals surface area contributed by atoms with E-state index in [0.717, 1.165) is 12.1 Å². The van der Waals surface area contributed by atoms with Crippen LogP contribution in [0.5, 0.6) is 0 Å². The van der Waals surface area contributed by atoms with Gasteiger partial charge in [0.25, 0.3) is 5.91 Å². The zero-order chi connectivity index (χ0) is 17.5. The first-order valence-electron chi connectivity index (χ1n) is 7.58. The highest BCUT2D eigenvalue weighted by Gasteiger charge is 2.15. The number of benzene rings is 1. The molecule has 0 unspecified atom stereocenters. The first-order chi connectivity index (χ1) is 11.5. The van der Waals surface area contributed by atoms with Crippen molar-refractivity contribution in [2.75, 3.05) is 18.0 Å². The summed E-state index contributed by atoms with van der Waals surface area (Å²) < 4.78 is 26.3. The lowest BCUT2D eigenvalue weighted by Crippen LogP contribution is -2.32. The number of halogens is 2. The van der Waals surface area contributed by atoms with E-state index < -0.39 is 11.6 Å². The summed E-state index contributed by atoms with van der Waals surface area (Å²) in [4.78, 5) is 25.4. The van der Waals surface area contributed by atoms with Gasteiger partial charge in [0.1, 0.15) is 0 Å². The SMILES string of the molecule is CCN(C(=O)CCCNC(=O)c1ccsc1)c1ccc(F)c(F)c1. The average molecular weight is 352 g/mol. The molecule has 0 atom stereocenters. The molecule has 1 heterocycles. The molecule has 2 rings (SSSR count). The molecule has 0 saturated heterocycles. The van der Waals surface area contributed by atoms with Gasteiger partial charge in [-0.15, -0.1) is 0 Å². The second-order valence-corrected chi connectivity index (χ2v) is 5.89. The summed E-state index contributed by atoms with van der Waals surface area (Å²) >= 11 is 1.44. The van der Waals surface area contributed by atoms with Gasteiger partial charge >= 0.3 is 0 Å². The van der Waals surface area contributed by atoms with Gasteiger partial charge in [0, 0.05) is 42.2 Å². The van der Waals surface area contributed by atoms with Crippen LogP contribution < -0.4 is 10.2 Å². The Hall–Kier alpha value is -2.28. The Morgan fingerprint density at radius 3 is 2.62 bits per heavy atom. The van der Waals surface area contributed by atoms with E-state index in [0.29, 0.717) is 30.8 Å². The van der Waals surface area contributed by atoms with Gasteiger partial charge in [-0.05, 0) is 36.9 Å². The smallest absolute Gasteiger partial charge is 0.252 e. The quantitative estimate of drug-likeness (QED) is 0.774. The molecule has 4 nitrogen and oxygen atoms in total. The van der Waals surface area contributed by atoms with E-state index in [1.54, 1.807) is 18.4 Å². The van der Waals surface area contributed by atoms with Gasteiger partial charge in [0.05, 0.1) is 0 Å². The second-order valence-electron chi connectivity index (χ2n) is 5.11. The van der Waals surface area contributed by atoms with Gasteiger partial charge < -0.3 is 10.2 Å². The van der Waals surface area contributed by atoms with Crippen LogP contribution in [0.3, 0.4) is 0 Å². The van der Waals surface area contributed by atoms with Crippen molar-refractivity contribution in [1.82, 2.24) is 5.32 Å². The predicted octanol–water partition coefficient (Wildman–Crippen LogP) is 3.59. The fourth-order valence-corrected chi connectivity index (χ4v) is 2.86. The Labute approximate surface area is 143 Å². The molecule has 2 amide bonds. The van der Waals surface area contributed by atoms with Crippen molar-refractivity contribution in [2.45, 2.75) is 19.8 Å². The Bertz CT molecular complexity index is 705. The maximum absolute atomic E-state index is 13.3. The maximum Gasteiger partial charge on any atom is 0.252 e. The van der Waals surface area contributed by atoms with E-state index >= 15 is 0 Å². The minimum atomic E-state index is -0.984. The number of carbonyl (C=O) groups is 2. The van der Waals surface area contributed by atoms with Crippen LogP contribution in [0.15, 0.2) is 35.0 Å². The molecule has 2 aromatic rings. The van der Waals surface area contributed by atoms with Crippen molar-refractivity contribution in [2.24, 2.45) is 0 Å². The zero-order valence-electron chi connectivity index (χ0n) is 13.2. The summed E-state index contributed by atoms with van der Waals surface area (Å²) in [5.41, 5.74) is 0.923. The van der Waals surface area contributed by atoms with Crippen LogP contribution in [0.2, 0.25) is 0 Å². The molecule has 0 radical (unpaired) electrons. The van der Waals surface area contributed by atoms with E-state index in [-0.39, 0.29) is 18.2 Å². The minimum absolute atomic E-state index is 0.170. The normalized spacial score (nSPS) is 10.5. The Balaban J connectivity index is 1.83. The zero-order valence-corrected chi connectivity index (χ0v) is 14.0. The lowest BCUT2D eigenvalue weighted by molar-refractivity contribution is -0.118. The van der Waals surface area contributed by atoms with Crippen molar-refractivity contribution < 1.29 is 18.4 Å². The molecule has 1 aromatic carbocycles. The first-order valence-corrected chi connectivity index (χ1v) is 8.53. The number of anilines is 1. The van der Waals surface area contributed by atoms with Crippen LogP contribution in [0.1, 0.15) is 30.1 Å². The van der Waals surface area contributed by atoms with Gasteiger partial charge in [-0.25, -0.2) is 8.78 Å². The second kappa shape index (κ2) is 8.54. The van der Waals surface area contributed by atoms with Crippen LogP contribution in [0.25, 0.3) is 0 Å². The number of hydrogen-bond donors (Lipinski definition) is 1. The highest BCUT2D eigenvalue weighted by Crippen LogP contribution is 2.19. The number of hydrogen-bond acceptors (Lipinski definition) is 3. The van der Waals surface area contributed by atoms with Gasteiger partial charge in [-0.3, -0.25) is 9.59 Å². The molecule has 0 spiro atoms. The number of nitrogens with zero attached hydrogens (tertiary/aromatic N) is 1. The fraction of sp³-hybridized carbons (Fsp3) is 0.294. The van der Waals surface area contributed by atoms with E-state index in [4.69, 9.17) is 0 Å². The maximum atomic E-state index is 13.3. The predicted molar refractivity (Wildman–Crippen MR) is 90.3 cm³/mol. The van der Waals surface area contributed by atoms with Crippen LogP contribution in [0, 0.1) is 11.6 Å². The lowest BCUT2D eigenvalue weighted by Gasteiger charge is -2.21. The van der Waals surface area contributed by atoms with E-state index in [2.05, 4.69) is 5.32 Å². The molecule has 0 aliphatic carbocycles. The van der Waals surface area contributed by atoms with Crippen molar-refractivity contribution in [1.29, 1.82) is 0 Å². The topological polar surface area (TPSA) is 49.4 Å². The number of amides is 2. The van der Waals surface area contributed by atoms with Gasteiger partial charge in [-0.1, -0.05) is 0 Å². The van der Waals surface area contributed by atoms with Gasteiger partial charge in [0.15, 0.2) is 11.6 Å². The third-order valence-corrected chi connectivity index (χ3v) is 4.15. The standard InChI is InChI=1S/C17H18F2N2O2S/c1-2-21(13-5-6-14(18)15(19)10-13)16(22)4-3-8-20-17(23)12-7-9-24-11-12/h5-7,9-11H,2-4,8H2,1H3,(H,20,23). The van der Waals surface area contributed by atoms with E-state index in [1.165, 1.54) is 22.3 Å². The fourth-order valence-electron chi connectivity index (χ4n) is 2.23. The van der Waals surface area contributed by atoms with Gasteiger partial charge in [0.2, 0.25) is 5.91 Å². The highest BCUT2D eigenvalue weighted by atomic mass is 32.1. The van der Waals surface area contributed by atoms with Crippen LogP contribution in [-0.4, -0.2) is 24.9 Å². The number of rotatable bonds is 7. The highest BCUT2D eigenvalue weighted by molar-refractivity contribution is 7.08. The largest absolute Gasteiger partial charge is 0.352 e. The number of nitrogens with one attached hydrogen (secondary N) is 1. The van der Waals surface area contributed by atoms with Crippen LogP contribution >= 0.6 is 11.3 Å². The molecule has 24 heavy (non-hydrogen) atoms. The van der Waals surface area contributed by atoms with E-state index in [1.807, 2.05) is 5.38 Å². The third kappa shape index (κ3) is 4.61. The number of carbonyl (C=O) groups excluding carboxylic acids is 2. The summed E-state index contributed by atoms with van der Waals surface area (Å²) in [6.45, 7) is 2.48. The molecule has 0 aliphatic rings. The molecule has 0 fully saturated rings. The molecule has 128 valence electrons. The van der Waals surface area contributed by atoms with Crippen molar-refractivity contribution >= 4 is 28.8 Å². The minimum Gasteiger partial charge on any atom is -0.352 e. The molecule has 0 aliphatic heterocycles. The monoisotopic (exact) mass is 352 g/mol. The Kier molecular flexibility index (Phi) is 6.43. The molecule has 0 saturated carbocycles. The van der Waals surface area contributed by atoms with Crippen molar-refractivity contribution in [3.63, 3.8) is 0 Å². The summed E-state index contributed by atoms with van der Waals surface area (Å²) in [5.74, 6) is -2.30. The molecule has 7 heteroatoms. The summed E-state index contributed by atoms with van der Waals surface area (Å²) in [6.07, 6.45) is 0.672. The summed E-state index contributed by atoms with van der Waals surface area (Å²) in [7, 11) is 0. The van der Waals surface area contributed by atoms with Crippen LogP contribution in [0.4, 0.5) is 14.5 Å². The van der Waals surface area contributed by atoms with Crippen LogP contribution in [-0.2, 0) is 4.79 Å².